The average molecular weight is 398 g/mol. The Kier molecular flexibility index (Phi) is 6.17. The van der Waals surface area contributed by atoms with Crippen LogP contribution in [0.25, 0.3) is 0 Å². The van der Waals surface area contributed by atoms with Crippen molar-refractivity contribution in [3.63, 3.8) is 0 Å². The van der Waals surface area contributed by atoms with Crippen molar-refractivity contribution in [2.24, 2.45) is 0 Å². The van der Waals surface area contributed by atoms with E-state index in [2.05, 4.69) is 30.5 Å². The summed E-state index contributed by atoms with van der Waals surface area (Å²) < 4.78 is 27.1. The first-order valence-corrected chi connectivity index (χ1v) is 10.2. The normalized spacial score (nSPS) is 11.2. The Morgan fingerprint density at radius 2 is 1.61 bits per heavy atom. The second kappa shape index (κ2) is 8.77. The standard InChI is InChI=1S/C19H22N6O2S/c1-14-4-3-5-16(12-14)28(26,27)22-11-10-20-18-8-9-19(25-24-18)23-17-7-6-15(2)13-21-17/h3-9,12-13,22H,10-11H2,1-2H3,(H,20,24)(H,21,23,25). The molecule has 1 aromatic carbocycles. The molecule has 0 spiro atoms. The molecule has 28 heavy (non-hydrogen) atoms. The van der Waals surface area contributed by atoms with E-state index in [1.165, 1.54) is 0 Å². The Morgan fingerprint density at radius 3 is 2.29 bits per heavy atom. The van der Waals surface area contributed by atoms with Crippen molar-refractivity contribution in [2.45, 2.75) is 18.7 Å². The van der Waals surface area contributed by atoms with Gasteiger partial charge in [-0.25, -0.2) is 18.1 Å². The quantitative estimate of drug-likeness (QED) is 0.501. The van der Waals surface area contributed by atoms with Crippen molar-refractivity contribution in [3.8, 4) is 0 Å². The molecule has 0 amide bonds. The molecule has 0 saturated carbocycles. The summed E-state index contributed by atoms with van der Waals surface area (Å²) >= 11 is 0. The molecule has 0 aliphatic carbocycles. The summed E-state index contributed by atoms with van der Waals surface area (Å²) in [5.74, 6) is 1.81. The summed E-state index contributed by atoms with van der Waals surface area (Å²) in [5.41, 5.74) is 1.97. The minimum absolute atomic E-state index is 0.227. The molecule has 3 rings (SSSR count). The van der Waals surface area contributed by atoms with Gasteiger partial charge in [-0.15, -0.1) is 10.2 Å². The fourth-order valence-corrected chi connectivity index (χ4v) is 3.54. The van der Waals surface area contributed by atoms with Crippen LogP contribution in [0.4, 0.5) is 17.5 Å². The van der Waals surface area contributed by atoms with Crippen molar-refractivity contribution in [3.05, 3.63) is 65.9 Å². The Hall–Kier alpha value is -3.04. The first-order valence-electron chi connectivity index (χ1n) is 8.76. The smallest absolute Gasteiger partial charge is 0.240 e. The van der Waals surface area contributed by atoms with Crippen LogP contribution in [0.2, 0.25) is 0 Å². The Balaban J connectivity index is 1.48. The number of nitrogens with one attached hydrogen (secondary N) is 3. The van der Waals surface area contributed by atoms with E-state index in [0.717, 1.165) is 11.1 Å². The van der Waals surface area contributed by atoms with Crippen LogP contribution in [-0.2, 0) is 10.0 Å². The first-order chi connectivity index (χ1) is 13.4. The number of nitrogens with zero attached hydrogens (tertiary/aromatic N) is 3. The molecule has 0 unspecified atom stereocenters. The van der Waals surface area contributed by atoms with Crippen LogP contribution in [0.1, 0.15) is 11.1 Å². The zero-order chi connectivity index (χ0) is 20.0. The van der Waals surface area contributed by atoms with Gasteiger partial charge in [-0.3, -0.25) is 0 Å². The van der Waals surface area contributed by atoms with E-state index in [4.69, 9.17) is 0 Å². The maximum Gasteiger partial charge on any atom is 0.240 e. The van der Waals surface area contributed by atoms with Crippen molar-refractivity contribution in [1.29, 1.82) is 0 Å². The number of sulfonamides is 1. The molecular formula is C19H22N6O2S. The van der Waals surface area contributed by atoms with Gasteiger partial charge in [-0.2, -0.15) is 0 Å². The summed E-state index contributed by atoms with van der Waals surface area (Å²) in [6.45, 7) is 4.43. The Bertz CT molecular complexity index is 1020. The highest BCUT2D eigenvalue weighted by Gasteiger charge is 2.12. The van der Waals surface area contributed by atoms with Crippen molar-refractivity contribution >= 4 is 27.5 Å². The first kappa shape index (κ1) is 19.7. The van der Waals surface area contributed by atoms with E-state index < -0.39 is 10.0 Å². The molecule has 0 saturated heterocycles. The van der Waals surface area contributed by atoms with Gasteiger partial charge in [0, 0.05) is 19.3 Å². The third kappa shape index (κ3) is 5.48. The van der Waals surface area contributed by atoms with Crippen molar-refractivity contribution < 1.29 is 8.42 Å². The van der Waals surface area contributed by atoms with Gasteiger partial charge in [-0.1, -0.05) is 18.2 Å². The van der Waals surface area contributed by atoms with Gasteiger partial charge in [0.05, 0.1) is 4.90 Å². The van der Waals surface area contributed by atoms with Gasteiger partial charge in [0.1, 0.15) is 11.6 Å². The minimum Gasteiger partial charge on any atom is -0.367 e. The van der Waals surface area contributed by atoms with Gasteiger partial charge in [-0.05, 0) is 55.3 Å². The molecule has 9 heteroatoms. The summed E-state index contributed by atoms with van der Waals surface area (Å²) in [4.78, 5) is 4.51. The zero-order valence-electron chi connectivity index (χ0n) is 15.7. The molecule has 0 bridgehead atoms. The van der Waals surface area contributed by atoms with Crippen LogP contribution >= 0.6 is 0 Å². The van der Waals surface area contributed by atoms with E-state index >= 15 is 0 Å². The van der Waals surface area contributed by atoms with Gasteiger partial charge >= 0.3 is 0 Å². The SMILES string of the molecule is Cc1ccc(Nc2ccc(NCCNS(=O)(=O)c3cccc(C)c3)nn2)nc1. The zero-order valence-corrected chi connectivity index (χ0v) is 16.5. The van der Waals surface area contributed by atoms with Gasteiger partial charge in [0.15, 0.2) is 5.82 Å². The molecule has 146 valence electrons. The summed E-state index contributed by atoms with van der Waals surface area (Å²) in [6, 6.07) is 14.1. The van der Waals surface area contributed by atoms with E-state index in [1.807, 2.05) is 32.0 Å². The number of aromatic nitrogens is 3. The second-order valence-electron chi connectivity index (χ2n) is 6.29. The second-order valence-corrected chi connectivity index (χ2v) is 8.06. The van der Waals surface area contributed by atoms with Crippen LogP contribution in [-0.4, -0.2) is 36.7 Å². The monoisotopic (exact) mass is 398 g/mol. The largest absolute Gasteiger partial charge is 0.367 e. The summed E-state index contributed by atoms with van der Waals surface area (Å²) in [6.07, 6.45) is 1.77. The maximum atomic E-state index is 12.3. The van der Waals surface area contributed by atoms with Crippen LogP contribution in [0.5, 0.6) is 0 Å². The third-order valence-corrected chi connectivity index (χ3v) is 5.31. The van der Waals surface area contributed by atoms with Gasteiger partial charge < -0.3 is 10.6 Å². The van der Waals surface area contributed by atoms with Crippen LogP contribution in [0, 0.1) is 13.8 Å². The number of aryl methyl sites for hydroxylation is 2. The van der Waals surface area contributed by atoms with Gasteiger partial charge in [0.25, 0.3) is 0 Å². The van der Waals surface area contributed by atoms with Crippen LogP contribution < -0.4 is 15.4 Å². The van der Waals surface area contributed by atoms with E-state index in [0.29, 0.717) is 24.0 Å². The lowest BCUT2D eigenvalue weighted by atomic mass is 10.2. The molecule has 8 nitrogen and oxygen atoms in total. The molecule has 0 fully saturated rings. The molecule has 2 aromatic heterocycles. The topological polar surface area (TPSA) is 109 Å². The van der Waals surface area contributed by atoms with E-state index in [1.54, 1.807) is 36.5 Å². The number of hydrogen-bond donors (Lipinski definition) is 3. The van der Waals surface area contributed by atoms with E-state index in [-0.39, 0.29) is 11.4 Å². The maximum absolute atomic E-state index is 12.3. The molecule has 0 aliphatic rings. The Labute approximate surface area is 164 Å². The highest BCUT2D eigenvalue weighted by Crippen LogP contribution is 2.13. The lowest BCUT2D eigenvalue weighted by Gasteiger charge is -2.09. The average Bonchev–Trinajstić information content (AvgIpc) is 2.68. The molecule has 0 radical (unpaired) electrons. The molecular weight excluding hydrogens is 376 g/mol. The number of pyridine rings is 1. The van der Waals surface area contributed by atoms with Crippen LogP contribution in [0.3, 0.4) is 0 Å². The van der Waals surface area contributed by atoms with Gasteiger partial charge in [0.2, 0.25) is 10.0 Å². The molecule has 3 aromatic rings. The molecule has 3 N–H and O–H groups in total. The number of rotatable bonds is 8. The molecule has 2 heterocycles. The lowest BCUT2D eigenvalue weighted by Crippen LogP contribution is -2.29. The van der Waals surface area contributed by atoms with Crippen molar-refractivity contribution in [1.82, 2.24) is 19.9 Å². The fraction of sp³-hybridized carbons (Fsp3) is 0.211. The fourth-order valence-electron chi connectivity index (χ4n) is 2.41. The van der Waals surface area contributed by atoms with E-state index in [9.17, 15) is 8.42 Å². The molecule has 0 aliphatic heterocycles. The van der Waals surface area contributed by atoms with Crippen LogP contribution in [0.15, 0.2) is 59.6 Å². The summed E-state index contributed by atoms with van der Waals surface area (Å²) in [7, 11) is -3.52. The third-order valence-electron chi connectivity index (χ3n) is 3.86. The minimum atomic E-state index is -3.52. The number of hydrogen-bond acceptors (Lipinski definition) is 7. The number of benzene rings is 1. The predicted molar refractivity (Wildman–Crippen MR) is 109 cm³/mol. The van der Waals surface area contributed by atoms with Crippen molar-refractivity contribution in [2.75, 3.05) is 23.7 Å². The number of anilines is 3. The Morgan fingerprint density at radius 1 is 0.857 bits per heavy atom. The summed E-state index contributed by atoms with van der Waals surface area (Å²) in [5, 5.41) is 14.2. The molecule has 0 atom stereocenters. The highest BCUT2D eigenvalue weighted by molar-refractivity contribution is 7.89. The lowest BCUT2D eigenvalue weighted by molar-refractivity contribution is 0.582. The highest BCUT2D eigenvalue weighted by atomic mass is 32.2. The predicted octanol–water partition coefficient (Wildman–Crippen LogP) is 2.62.